The lowest BCUT2D eigenvalue weighted by atomic mass is 10.2. The highest BCUT2D eigenvalue weighted by Gasteiger charge is 2.34. The Morgan fingerprint density at radius 3 is 2.63 bits per heavy atom. The van der Waals surface area contributed by atoms with Gasteiger partial charge in [-0.15, -0.1) is 0 Å². The molecule has 2 nitrogen and oxygen atoms in total. The molecule has 1 fully saturated rings. The lowest BCUT2D eigenvalue weighted by molar-refractivity contribution is -0.123. The monoisotopic (exact) mass is 295 g/mol. The quantitative estimate of drug-likeness (QED) is 0.624. The fraction of sp³-hybridized carbons (Fsp3) is 0.286. The summed E-state index contributed by atoms with van der Waals surface area (Å²) >= 11 is 6.54. The van der Waals surface area contributed by atoms with E-state index in [1.807, 2.05) is 13.8 Å². The van der Waals surface area contributed by atoms with Crippen LogP contribution in [0.3, 0.4) is 0 Å². The molecule has 0 aromatic heterocycles. The number of hydrogen-bond donors (Lipinski definition) is 0. The van der Waals surface area contributed by atoms with Gasteiger partial charge < -0.3 is 0 Å². The Bertz CT molecular complexity index is 539. The van der Waals surface area contributed by atoms with Gasteiger partial charge in [0.15, 0.2) is 0 Å². The number of rotatable bonds is 3. The van der Waals surface area contributed by atoms with Crippen LogP contribution in [0, 0.1) is 5.82 Å². The molecule has 1 aromatic carbocycles. The fourth-order valence-corrected chi connectivity index (χ4v) is 3.21. The molecule has 0 saturated carbocycles. The van der Waals surface area contributed by atoms with E-state index < -0.39 is 0 Å². The Morgan fingerprint density at radius 2 is 2.05 bits per heavy atom. The van der Waals surface area contributed by atoms with Gasteiger partial charge in [-0.1, -0.05) is 43.0 Å². The number of thiocarbonyl (C=S) groups is 1. The maximum Gasteiger partial charge on any atom is 0.266 e. The minimum absolute atomic E-state index is 0.0614. The number of amides is 1. The summed E-state index contributed by atoms with van der Waals surface area (Å²) in [5.74, 6) is -0.349. The van der Waals surface area contributed by atoms with E-state index in [0.717, 1.165) is 12.0 Å². The Morgan fingerprint density at radius 1 is 1.42 bits per heavy atom. The number of benzene rings is 1. The van der Waals surface area contributed by atoms with E-state index in [4.69, 9.17) is 12.2 Å². The van der Waals surface area contributed by atoms with Gasteiger partial charge in [-0.25, -0.2) is 4.39 Å². The lowest BCUT2D eigenvalue weighted by Crippen LogP contribution is -2.36. The molecule has 1 atom stereocenters. The summed E-state index contributed by atoms with van der Waals surface area (Å²) in [5, 5.41) is 0. The number of carbonyl (C=O) groups excluding carboxylic acids is 1. The zero-order chi connectivity index (χ0) is 14.0. The third-order valence-electron chi connectivity index (χ3n) is 3.02. The van der Waals surface area contributed by atoms with Crippen molar-refractivity contribution in [1.29, 1.82) is 0 Å². The predicted octanol–water partition coefficient (Wildman–Crippen LogP) is 3.83. The van der Waals surface area contributed by atoms with Crippen LogP contribution in [-0.2, 0) is 4.79 Å². The molecule has 0 spiro atoms. The van der Waals surface area contributed by atoms with Crippen LogP contribution in [0.25, 0.3) is 6.08 Å². The second kappa shape index (κ2) is 5.84. The molecular formula is C14H14FNOS2. The summed E-state index contributed by atoms with van der Waals surface area (Å²) in [6.07, 6.45) is 2.61. The smallest absolute Gasteiger partial charge is 0.266 e. The van der Waals surface area contributed by atoms with E-state index in [9.17, 15) is 9.18 Å². The lowest BCUT2D eigenvalue weighted by Gasteiger charge is -2.21. The maximum atomic E-state index is 12.8. The minimum Gasteiger partial charge on any atom is -0.290 e. The molecule has 1 amide bonds. The van der Waals surface area contributed by atoms with E-state index in [-0.39, 0.29) is 17.8 Å². The molecule has 19 heavy (non-hydrogen) atoms. The Hall–Kier alpha value is -1.20. The van der Waals surface area contributed by atoms with E-state index >= 15 is 0 Å². The Labute approximate surface area is 121 Å². The van der Waals surface area contributed by atoms with E-state index in [2.05, 4.69) is 0 Å². The topological polar surface area (TPSA) is 20.3 Å². The molecule has 1 heterocycles. The van der Waals surface area contributed by atoms with Crippen molar-refractivity contribution in [2.24, 2.45) is 0 Å². The summed E-state index contributed by atoms with van der Waals surface area (Å²) in [6, 6.07) is 6.14. The zero-order valence-corrected chi connectivity index (χ0v) is 12.4. The molecule has 100 valence electrons. The van der Waals surface area contributed by atoms with Crippen molar-refractivity contribution in [3.8, 4) is 0 Å². The molecule has 0 aliphatic carbocycles. The fourth-order valence-electron chi connectivity index (χ4n) is 1.75. The molecule has 0 bridgehead atoms. The molecule has 2 rings (SSSR count). The molecule has 1 aromatic rings. The molecule has 0 N–H and O–H groups in total. The van der Waals surface area contributed by atoms with E-state index in [1.165, 1.54) is 23.9 Å². The average molecular weight is 295 g/mol. The van der Waals surface area contributed by atoms with Crippen LogP contribution in [0.4, 0.5) is 4.39 Å². The number of hydrogen-bond acceptors (Lipinski definition) is 3. The van der Waals surface area contributed by atoms with Crippen LogP contribution in [0.15, 0.2) is 29.2 Å². The molecule has 1 aliphatic heterocycles. The number of nitrogens with zero attached hydrogens (tertiary/aromatic N) is 1. The van der Waals surface area contributed by atoms with Crippen LogP contribution in [0.2, 0.25) is 0 Å². The highest BCUT2D eigenvalue weighted by molar-refractivity contribution is 8.26. The predicted molar refractivity (Wildman–Crippen MR) is 81.2 cm³/mol. The summed E-state index contributed by atoms with van der Waals surface area (Å²) in [7, 11) is 0. The van der Waals surface area contributed by atoms with Crippen LogP contribution in [-0.4, -0.2) is 21.2 Å². The van der Waals surface area contributed by atoms with Crippen molar-refractivity contribution in [3.05, 3.63) is 40.6 Å². The van der Waals surface area contributed by atoms with Crippen molar-refractivity contribution in [2.75, 3.05) is 0 Å². The van der Waals surface area contributed by atoms with Crippen LogP contribution in [0.1, 0.15) is 25.8 Å². The first-order chi connectivity index (χ1) is 9.02. The van der Waals surface area contributed by atoms with Gasteiger partial charge in [0, 0.05) is 6.04 Å². The summed E-state index contributed by atoms with van der Waals surface area (Å²) in [5.41, 5.74) is 0.797. The Balaban J connectivity index is 2.25. The normalized spacial score (nSPS) is 19.3. The van der Waals surface area contributed by atoms with Gasteiger partial charge in [-0.3, -0.25) is 9.69 Å². The number of halogens is 1. The average Bonchev–Trinajstić information content (AvgIpc) is 2.66. The Kier molecular flexibility index (Phi) is 4.37. The first-order valence-corrected chi connectivity index (χ1v) is 7.28. The van der Waals surface area contributed by atoms with Gasteiger partial charge in [0.2, 0.25) is 0 Å². The summed E-state index contributed by atoms with van der Waals surface area (Å²) < 4.78 is 13.4. The number of carbonyl (C=O) groups is 1. The van der Waals surface area contributed by atoms with Gasteiger partial charge >= 0.3 is 0 Å². The molecule has 1 saturated heterocycles. The van der Waals surface area contributed by atoms with E-state index in [0.29, 0.717) is 9.23 Å². The summed E-state index contributed by atoms with van der Waals surface area (Å²) in [4.78, 5) is 14.5. The van der Waals surface area contributed by atoms with Crippen LogP contribution >= 0.6 is 24.0 Å². The first-order valence-electron chi connectivity index (χ1n) is 6.05. The van der Waals surface area contributed by atoms with Crippen molar-refractivity contribution in [1.82, 2.24) is 4.90 Å². The van der Waals surface area contributed by atoms with Crippen LogP contribution in [0.5, 0.6) is 0 Å². The molecule has 1 aliphatic rings. The zero-order valence-electron chi connectivity index (χ0n) is 10.7. The van der Waals surface area contributed by atoms with Crippen molar-refractivity contribution >= 4 is 40.3 Å². The highest BCUT2D eigenvalue weighted by atomic mass is 32.2. The second-order valence-electron chi connectivity index (χ2n) is 4.36. The van der Waals surface area contributed by atoms with Gasteiger partial charge in [0.25, 0.3) is 5.91 Å². The largest absolute Gasteiger partial charge is 0.290 e. The van der Waals surface area contributed by atoms with Gasteiger partial charge in [0.05, 0.1) is 4.91 Å². The second-order valence-corrected chi connectivity index (χ2v) is 6.04. The van der Waals surface area contributed by atoms with Crippen molar-refractivity contribution < 1.29 is 9.18 Å². The third kappa shape index (κ3) is 3.04. The van der Waals surface area contributed by atoms with E-state index in [1.54, 1.807) is 23.1 Å². The number of thioether (sulfide) groups is 1. The first kappa shape index (κ1) is 14.2. The van der Waals surface area contributed by atoms with Crippen LogP contribution < -0.4 is 0 Å². The van der Waals surface area contributed by atoms with Gasteiger partial charge in [-0.05, 0) is 37.1 Å². The molecule has 5 heteroatoms. The molecule has 0 radical (unpaired) electrons. The maximum absolute atomic E-state index is 12.8. The molecular weight excluding hydrogens is 281 g/mol. The van der Waals surface area contributed by atoms with Gasteiger partial charge in [-0.2, -0.15) is 0 Å². The summed E-state index contributed by atoms with van der Waals surface area (Å²) in [6.45, 7) is 4.00. The van der Waals surface area contributed by atoms with Crippen molar-refractivity contribution in [2.45, 2.75) is 26.3 Å². The minimum atomic E-state index is -0.288. The molecule has 0 unspecified atom stereocenters. The highest BCUT2D eigenvalue weighted by Crippen LogP contribution is 2.34. The third-order valence-corrected chi connectivity index (χ3v) is 4.35. The SMILES string of the molecule is CC[C@H](C)N1C(=O)/C(=C/c2ccc(F)cc2)SC1=S. The van der Waals surface area contributed by atoms with Gasteiger partial charge in [0.1, 0.15) is 10.1 Å². The standard InChI is InChI=1S/C14H14FNOS2/c1-3-9(2)16-13(17)12(19-14(16)18)8-10-4-6-11(15)7-5-10/h4-9H,3H2,1-2H3/b12-8-/t9-/m0/s1. The van der Waals surface area contributed by atoms with Crippen molar-refractivity contribution in [3.63, 3.8) is 0 Å².